The smallest absolute Gasteiger partial charge is 0.416 e. The van der Waals surface area contributed by atoms with E-state index in [1.54, 1.807) is 0 Å². The fraction of sp³-hybridized carbons (Fsp3) is 0.278. The highest BCUT2D eigenvalue weighted by atomic mass is 32.2. The van der Waals surface area contributed by atoms with Gasteiger partial charge in [-0.2, -0.15) is 22.5 Å². The largest absolute Gasteiger partial charge is 0.465 e. The number of carbonyl (C=O) groups is 1. The van der Waals surface area contributed by atoms with Crippen LogP contribution in [0.3, 0.4) is 0 Å². The van der Waals surface area contributed by atoms with E-state index in [2.05, 4.69) is 14.9 Å². The summed E-state index contributed by atoms with van der Waals surface area (Å²) in [7, 11) is -2.76. The number of rotatable bonds is 5. The second kappa shape index (κ2) is 7.73. The van der Waals surface area contributed by atoms with Crippen molar-refractivity contribution in [3.8, 4) is 11.4 Å². The molecule has 0 radical (unpaired) electrons. The molecule has 3 aromatic rings. The molecule has 0 amide bonds. The molecular weight excluding hydrogens is 459 g/mol. The molecule has 1 saturated heterocycles. The predicted octanol–water partition coefficient (Wildman–Crippen LogP) is 3.39. The third kappa shape index (κ3) is 3.95. The first-order valence-electron chi connectivity index (χ1n) is 8.78. The zero-order valence-electron chi connectivity index (χ0n) is 15.8. The van der Waals surface area contributed by atoms with Crippen LogP contribution < -0.4 is 0 Å². The lowest BCUT2D eigenvalue weighted by Gasteiger charge is -2.35. The van der Waals surface area contributed by atoms with Gasteiger partial charge in [-0.3, -0.25) is 0 Å². The molecule has 0 saturated carbocycles. The molecule has 0 spiro atoms. The molecule has 0 aliphatic carbocycles. The van der Waals surface area contributed by atoms with E-state index in [-0.39, 0.29) is 40.1 Å². The number of hydrogen-bond acceptors (Lipinski definition) is 8. The number of methoxy groups -OCH3 is 1. The molecule has 3 heterocycles. The number of benzene rings is 1. The van der Waals surface area contributed by atoms with Gasteiger partial charge in [0.05, 0.1) is 18.6 Å². The molecule has 0 bridgehead atoms. The highest BCUT2D eigenvalue weighted by Gasteiger charge is 2.42. The van der Waals surface area contributed by atoms with Crippen LogP contribution in [0.1, 0.15) is 27.0 Å². The van der Waals surface area contributed by atoms with Gasteiger partial charge in [0.2, 0.25) is 21.7 Å². The number of aromatic nitrogens is 2. The Balaban J connectivity index is 1.49. The summed E-state index contributed by atoms with van der Waals surface area (Å²) < 4.78 is 75.2. The van der Waals surface area contributed by atoms with Crippen LogP contribution in [-0.4, -0.2) is 49.0 Å². The highest BCUT2D eigenvalue weighted by molar-refractivity contribution is 7.89. The van der Waals surface area contributed by atoms with Gasteiger partial charge in [-0.15, -0.1) is 11.3 Å². The number of alkyl halides is 3. The zero-order valence-corrected chi connectivity index (χ0v) is 17.4. The number of esters is 1. The van der Waals surface area contributed by atoms with Crippen molar-refractivity contribution in [1.29, 1.82) is 0 Å². The van der Waals surface area contributed by atoms with Crippen LogP contribution in [0.15, 0.2) is 45.1 Å². The molecule has 0 unspecified atom stereocenters. The molecule has 164 valence electrons. The summed E-state index contributed by atoms with van der Waals surface area (Å²) >= 11 is 0.961. The van der Waals surface area contributed by atoms with Gasteiger partial charge in [0.1, 0.15) is 9.77 Å². The fourth-order valence-corrected chi connectivity index (χ4v) is 5.86. The third-order valence-electron chi connectivity index (χ3n) is 4.70. The first-order chi connectivity index (χ1) is 14.6. The molecule has 1 aromatic carbocycles. The van der Waals surface area contributed by atoms with Crippen LogP contribution in [0, 0.1) is 0 Å². The van der Waals surface area contributed by atoms with E-state index in [1.807, 2.05) is 0 Å². The number of halogens is 3. The van der Waals surface area contributed by atoms with Gasteiger partial charge in [0.15, 0.2) is 0 Å². The van der Waals surface area contributed by atoms with Gasteiger partial charge in [-0.05, 0) is 23.6 Å². The second-order valence-corrected chi connectivity index (χ2v) is 9.48. The normalized spacial score (nSPS) is 15.6. The zero-order chi connectivity index (χ0) is 22.4. The van der Waals surface area contributed by atoms with Crippen molar-refractivity contribution in [1.82, 2.24) is 14.4 Å². The van der Waals surface area contributed by atoms with E-state index >= 15 is 0 Å². The Labute approximate surface area is 178 Å². The minimum absolute atomic E-state index is 0.0180. The number of carbonyl (C=O) groups excluding carboxylic acids is 1. The molecule has 0 N–H and O–H groups in total. The van der Waals surface area contributed by atoms with E-state index in [1.165, 1.54) is 23.6 Å². The Kier molecular flexibility index (Phi) is 5.35. The molecule has 8 nitrogen and oxygen atoms in total. The molecule has 0 atom stereocenters. The van der Waals surface area contributed by atoms with Crippen LogP contribution in [0.2, 0.25) is 0 Å². The number of thiophene rings is 1. The van der Waals surface area contributed by atoms with E-state index in [0.29, 0.717) is 0 Å². The van der Waals surface area contributed by atoms with Crippen LogP contribution in [0.5, 0.6) is 0 Å². The van der Waals surface area contributed by atoms with Crippen molar-refractivity contribution in [2.75, 3.05) is 20.2 Å². The van der Waals surface area contributed by atoms with Crippen molar-refractivity contribution >= 4 is 27.3 Å². The summed E-state index contributed by atoms with van der Waals surface area (Å²) in [6, 6.07) is 5.85. The molecule has 1 fully saturated rings. The average Bonchev–Trinajstić information content (AvgIpc) is 3.36. The number of hydrogen-bond donors (Lipinski definition) is 0. The van der Waals surface area contributed by atoms with Gasteiger partial charge in [0, 0.05) is 18.7 Å². The Hall–Kier alpha value is -2.77. The summed E-state index contributed by atoms with van der Waals surface area (Å²) in [5.74, 6) is -1.05. The van der Waals surface area contributed by atoms with Crippen LogP contribution in [0.25, 0.3) is 11.4 Å². The first-order valence-corrected chi connectivity index (χ1v) is 11.1. The minimum atomic E-state index is -4.50. The van der Waals surface area contributed by atoms with E-state index in [9.17, 15) is 26.4 Å². The van der Waals surface area contributed by atoms with Crippen molar-refractivity contribution < 1.29 is 35.6 Å². The Bertz CT molecular complexity index is 1230. The SMILES string of the molecule is COC(=O)c1sccc1S(=O)(=O)N1CC(c2nc(-c3cccc(C(F)(F)F)c3)no2)C1. The predicted molar refractivity (Wildman–Crippen MR) is 102 cm³/mol. The lowest BCUT2D eigenvalue weighted by molar-refractivity contribution is -0.137. The van der Waals surface area contributed by atoms with Crippen molar-refractivity contribution in [3.63, 3.8) is 0 Å². The Morgan fingerprint density at radius 3 is 2.71 bits per heavy atom. The summed E-state index contributed by atoms with van der Waals surface area (Å²) in [4.78, 5) is 15.7. The monoisotopic (exact) mass is 473 g/mol. The third-order valence-corrected chi connectivity index (χ3v) is 7.60. The fourth-order valence-electron chi connectivity index (χ4n) is 3.02. The van der Waals surface area contributed by atoms with E-state index < -0.39 is 33.7 Å². The molecule has 4 rings (SSSR count). The van der Waals surface area contributed by atoms with Crippen LogP contribution in [-0.2, 0) is 20.9 Å². The second-order valence-electron chi connectivity index (χ2n) is 6.66. The molecular formula is C18H14F3N3O5S2. The minimum Gasteiger partial charge on any atom is -0.465 e. The summed E-state index contributed by atoms with van der Waals surface area (Å²) in [6.07, 6.45) is -4.50. The van der Waals surface area contributed by atoms with Gasteiger partial charge in [-0.1, -0.05) is 17.3 Å². The summed E-state index contributed by atoms with van der Waals surface area (Å²) in [5, 5.41) is 5.20. The number of sulfonamides is 1. The Morgan fingerprint density at radius 2 is 2.03 bits per heavy atom. The van der Waals surface area contributed by atoms with Gasteiger partial charge in [0.25, 0.3) is 0 Å². The maximum Gasteiger partial charge on any atom is 0.416 e. The standard InChI is InChI=1S/C18H14F3N3O5S2/c1-28-17(25)14-13(5-6-30-14)31(26,27)24-8-11(9-24)16-22-15(23-29-16)10-3-2-4-12(7-10)18(19,20)21/h2-7,11H,8-9H2,1H3. The molecule has 13 heteroatoms. The van der Waals surface area contributed by atoms with Crippen LogP contribution in [0.4, 0.5) is 13.2 Å². The Morgan fingerprint density at radius 1 is 1.29 bits per heavy atom. The van der Waals surface area contributed by atoms with Crippen molar-refractivity contribution in [2.45, 2.75) is 17.0 Å². The lowest BCUT2D eigenvalue weighted by Crippen LogP contribution is -2.48. The number of nitrogens with zero attached hydrogens (tertiary/aromatic N) is 3. The summed E-state index contributed by atoms with van der Waals surface area (Å²) in [6.45, 7) is 0.0615. The number of ether oxygens (including phenoxy) is 1. The maximum atomic E-state index is 12.9. The van der Waals surface area contributed by atoms with Crippen molar-refractivity contribution in [2.24, 2.45) is 0 Å². The lowest BCUT2D eigenvalue weighted by atomic mass is 10.0. The molecule has 31 heavy (non-hydrogen) atoms. The topological polar surface area (TPSA) is 103 Å². The average molecular weight is 473 g/mol. The molecule has 2 aromatic heterocycles. The van der Waals surface area contributed by atoms with E-state index in [0.717, 1.165) is 34.9 Å². The highest BCUT2D eigenvalue weighted by Crippen LogP contribution is 2.35. The van der Waals surface area contributed by atoms with Crippen molar-refractivity contribution in [3.05, 3.63) is 52.0 Å². The van der Waals surface area contributed by atoms with Gasteiger partial charge < -0.3 is 9.26 Å². The molecule has 1 aliphatic rings. The summed E-state index contributed by atoms with van der Waals surface area (Å²) in [5.41, 5.74) is -0.705. The first kappa shape index (κ1) is 21.5. The van der Waals surface area contributed by atoms with Gasteiger partial charge in [-0.25, -0.2) is 13.2 Å². The molecule has 1 aliphatic heterocycles. The van der Waals surface area contributed by atoms with E-state index in [4.69, 9.17) is 4.52 Å². The van der Waals surface area contributed by atoms with Crippen LogP contribution >= 0.6 is 11.3 Å². The maximum absolute atomic E-state index is 12.9. The van der Waals surface area contributed by atoms with Gasteiger partial charge >= 0.3 is 12.1 Å². The quantitative estimate of drug-likeness (QED) is 0.524.